The molecule has 0 radical (unpaired) electrons. The lowest BCUT2D eigenvalue weighted by molar-refractivity contribution is 0.0955. The topological polar surface area (TPSA) is 57.6 Å². The summed E-state index contributed by atoms with van der Waals surface area (Å²) in [5.74, 6) is 0.219. The van der Waals surface area contributed by atoms with E-state index in [4.69, 9.17) is 0 Å². The number of benzene rings is 1. The van der Waals surface area contributed by atoms with Gasteiger partial charge in [-0.3, -0.25) is 9.78 Å². The van der Waals surface area contributed by atoms with Gasteiger partial charge in [0.2, 0.25) is 0 Å². The SMILES string of the molecule is C[C@H]1CC(C)(C)N(C)c2ccc(/C=N\NC(=O)c3cccnc3)cc21. The number of anilines is 1. The molecule has 1 aromatic carbocycles. The molecule has 1 atom stereocenters. The maximum Gasteiger partial charge on any atom is 0.272 e. The largest absolute Gasteiger partial charge is 0.369 e. The van der Waals surface area contributed by atoms with Crippen molar-refractivity contribution >= 4 is 17.8 Å². The van der Waals surface area contributed by atoms with Gasteiger partial charge in [-0.2, -0.15) is 5.10 Å². The number of carbonyl (C=O) groups is 1. The van der Waals surface area contributed by atoms with Gasteiger partial charge in [-0.05, 0) is 61.6 Å². The molecule has 0 bridgehead atoms. The van der Waals surface area contributed by atoms with Crippen molar-refractivity contribution in [3.05, 3.63) is 59.4 Å². The number of pyridine rings is 1. The highest BCUT2D eigenvalue weighted by atomic mass is 16.2. The van der Waals surface area contributed by atoms with Crippen molar-refractivity contribution in [2.45, 2.75) is 38.6 Å². The van der Waals surface area contributed by atoms with Gasteiger partial charge in [0.1, 0.15) is 0 Å². The van der Waals surface area contributed by atoms with E-state index in [-0.39, 0.29) is 11.4 Å². The Kier molecular flexibility index (Phi) is 4.57. The molecule has 0 spiro atoms. The van der Waals surface area contributed by atoms with E-state index in [0.717, 1.165) is 12.0 Å². The first kappa shape index (κ1) is 17.1. The standard InChI is InChI=1S/C20H24N4O/c1-14-11-20(2,3)24(4)18-8-7-15(10-17(14)18)12-22-23-19(25)16-6-5-9-21-13-16/h5-10,12-14H,11H2,1-4H3,(H,23,25)/b22-12-/t14-/m0/s1. The summed E-state index contributed by atoms with van der Waals surface area (Å²) < 4.78 is 0. The third-order valence-corrected chi connectivity index (χ3v) is 4.96. The van der Waals surface area contributed by atoms with Crippen LogP contribution in [0.25, 0.3) is 0 Å². The van der Waals surface area contributed by atoms with E-state index in [1.54, 1.807) is 24.5 Å². The molecule has 1 amide bonds. The van der Waals surface area contributed by atoms with Crippen LogP contribution >= 0.6 is 0 Å². The van der Waals surface area contributed by atoms with Crippen molar-refractivity contribution in [2.24, 2.45) is 5.10 Å². The lowest BCUT2D eigenvalue weighted by Gasteiger charge is -2.45. The minimum atomic E-state index is -0.267. The van der Waals surface area contributed by atoms with Gasteiger partial charge in [0.05, 0.1) is 11.8 Å². The van der Waals surface area contributed by atoms with Crippen LogP contribution in [0.1, 0.15) is 54.6 Å². The molecule has 0 saturated carbocycles. The zero-order chi connectivity index (χ0) is 18.0. The van der Waals surface area contributed by atoms with Crippen LogP contribution in [-0.4, -0.2) is 29.7 Å². The van der Waals surface area contributed by atoms with Crippen molar-refractivity contribution in [3.8, 4) is 0 Å². The van der Waals surface area contributed by atoms with Crippen LogP contribution in [0.3, 0.4) is 0 Å². The second-order valence-corrected chi connectivity index (χ2v) is 7.24. The summed E-state index contributed by atoms with van der Waals surface area (Å²) >= 11 is 0. The zero-order valence-electron chi connectivity index (χ0n) is 15.2. The summed E-state index contributed by atoms with van der Waals surface area (Å²) in [6.07, 6.45) is 5.94. The molecule has 2 aromatic rings. The fourth-order valence-corrected chi connectivity index (χ4v) is 3.40. The summed E-state index contributed by atoms with van der Waals surface area (Å²) in [4.78, 5) is 18.2. The van der Waals surface area contributed by atoms with Gasteiger partial charge < -0.3 is 4.90 Å². The molecule has 25 heavy (non-hydrogen) atoms. The molecule has 3 rings (SSSR count). The highest BCUT2D eigenvalue weighted by molar-refractivity contribution is 5.94. The number of hydrogen-bond donors (Lipinski definition) is 1. The lowest BCUT2D eigenvalue weighted by Crippen LogP contribution is -2.45. The molecule has 5 nitrogen and oxygen atoms in total. The van der Waals surface area contributed by atoms with Gasteiger partial charge in [-0.1, -0.05) is 13.0 Å². The average Bonchev–Trinajstić information content (AvgIpc) is 2.60. The van der Waals surface area contributed by atoms with Gasteiger partial charge in [-0.15, -0.1) is 0 Å². The Morgan fingerprint density at radius 2 is 2.20 bits per heavy atom. The van der Waals surface area contributed by atoms with Crippen molar-refractivity contribution in [3.63, 3.8) is 0 Å². The summed E-state index contributed by atoms with van der Waals surface area (Å²) in [5.41, 5.74) is 6.75. The van der Waals surface area contributed by atoms with Gasteiger partial charge in [0, 0.05) is 30.7 Å². The monoisotopic (exact) mass is 336 g/mol. The Morgan fingerprint density at radius 1 is 1.40 bits per heavy atom. The van der Waals surface area contributed by atoms with E-state index in [9.17, 15) is 4.79 Å². The van der Waals surface area contributed by atoms with Crippen LogP contribution in [-0.2, 0) is 0 Å². The third kappa shape index (κ3) is 3.55. The number of nitrogens with zero attached hydrogens (tertiary/aromatic N) is 3. The van der Waals surface area contributed by atoms with Crippen molar-refractivity contribution in [2.75, 3.05) is 11.9 Å². The first-order valence-electron chi connectivity index (χ1n) is 8.50. The second-order valence-electron chi connectivity index (χ2n) is 7.24. The molecule has 2 heterocycles. The van der Waals surface area contributed by atoms with Crippen LogP contribution < -0.4 is 10.3 Å². The van der Waals surface area contributed by atoms with Gasteiger partial charge in [0.25, 0.3) is 5.91 Å². The molecule has 130 valence electrons. The van der Waals surface area contributed by atoms with E-state index in [2.05, 4.69) is 60.4 Å². The first-order valence-corrected chi connectivity index (χ1v) is 8.50. The van der Waals surface area contributed by atoms with E-state index < -0.39 is 0 Å². The summed E-state index contributed by atoms with van der Waals surface area (Å²) in [7, 11) is 2.15. The molecule has 1 aromatic heterocycles. The number of hydrazone groups is 1. The van der Waals surface area contributed by atoms with Crippen LogP contribution in [0.2, 0.25) is 0 Å². The van der Waals surface area contributed by atoms with Gasteiger partial charge >= 0.3 is 0 Å². The van der Waals surface area contributed by atoms with Gasteiger partial charge in [0.15, 0.2) is 0 Å². The van der Waals surface area contributed by atoms with Crippen LogP contribution in [0.4, 0.5) is 5.69 Å². The maximum atomic E-state index is 12.0. The Labute approximate surface area is 148 Å². The van der Waals surface area contributed by atoms with Crippen LogP contribution in [0.15, 0.2) is 47.8 Å². The smallest absolute Gasteiger partial charge is 0.272 e. The highest BCUT2D eigenvalue weighted by Crippen LogP contribution is 2.42. The quantitative estimate of drug-likeness (QED) is 0.688. The predicted molar refractivity (Wildman–Crippen MR) is 101 cm³/mol. The number of aromatic nitrogens is 1. The van der Waals surface area contributed by atoms with Crippen molar-refractivity contribution < 1.29 is 4.79 Å². The van der Waals surface area contributed by atoms with E-state index in [1.165, 1.54) is 17.4 Å². The molecular formula is C20H24N4O. The summed E-state index contributed by atoms with van der Waals surface area (Å²) in [6.45, 7) is 6.81. The Balaban J connectivity index is 1.75. The Bertz CT molecular complexity index is 799. The van der Waals surface area contributed by atoms with E-state index in [1.807, 2.05) is 6.07 Å². The zero-order valence-corrected chi connectivity index (χ0v) is 15.2. The van der Waals surface area contributed by atoms with Crippen LogP contribution in [0, 0.1) is 0 Å². The minimum Gasteiger partial charge on any atom is -0.369 e. The predicted octanol–water partition coefficient (Wildman–Crippen LogP) is 3.57. The number of nitrogens with one attached hydrogen (secondary N) is 1. The van der Waals surface area contributed by atoms with Crippen LogP contribution in [0.5, 0.6) is 0 Å². The molecule has 1 aliphatic rings. The molecule has 0 fully saturated rings. The number of carbonyl (C=O) groups excluding carboxylic acids is 1. The summed E-state index contributed by atoms with van der Waals surface area (Å²) in [5, 5.41) is 4.07. The number of amides is 1. The van der Waals surface area contributed by atoms with Crippen molar-refractivity contribution in [1.29, 1.82) is 0 Å². The highest BCUT2D eigenvalue weighted by Gasteiger charge is 2.33. The fourth-order valence-electron chi connectivity index (χ4n) is 3.40. The second kappa shape index (κ2) is 6.67. The fraction of sp³-hybridized carbons (Fsp3) is 0.350. The Hall–Kier alpha value is -2.69. The Morgan fingerprint density at radius 3 is 2.92 bits per heavy atom. The van der Waals surface area contributed by atoms with Crippen molar-refractivity contribution in [1.82, 2.24) is 10.4 Å². The normalized spacial score (nSPS) is 18.9. The average molecular weight is 336 g/mol. The molecule has 0 aliphatic carbocycles. The molecule has 0 saturated heterocycles. The number of rotatable bonds is 3. The minimum absolute atomic E-state index is 0.152. The molecule has 5 heteroatoms. The van der Waals surface area contributed by atoms with Gasteiger partial charge in [-0.25, -0.2) is 5.43 Å². The molecular weight excluding hydrogens is 312 g/mol. The molecule has 0 unspecified atom stereocenters. The number of hydrogen-bond acceptors (Lipinski definition) is 4. The first-order chi connectivity index (χ1) is 11.9. The third-order valence-electron chi connectivity index (χ3n) is 4.96. The van der Waals surface area contributed by atoms with E-state index >= 15 is 0 Å². The lowest BCUT2D eigenvalue weighted by atomic mass is 9.80. The number of fused-ring (bicyclic) bond motifs is 1. The molecule has 1 N–H and O–H groups in total. The van der Waals surface area contributed by atoms with E-state index in [0.29, 0.717) is 11.5 Å². The molecule has 1 aliphatic heterocycles. The maximum absolute atomic E-state index is 12.0. The summed E-state index contributed by atoms with van der Waals surface area (Å²) in [6, 6.07) is 9.75.